The van der Waals surface area contributed by atoms with Gasteiger partial charge in [0.2, 0.25) is 0 Å². The first-order valence-corrected chi connectivity index (χ1v) is 10.8. The van der Waals surface area contributed by atoms with Gasteiger partial charge in [0.1, 0.15) is 11.4 Å². The van der Waals surface area contributed by atoms with Crippen molar-refractivity contribution in [2.24, 2.45) is 0 Å². The molecule has 0 saturated heterocycles. The van der Waals surface area contributed by atoms with Crippen molar-refractivity contribution in [2.75, 3.05) is 6.54 Å². The van der Waals surface area contributed by atoms with Crippen LogP contribution in [0.1, 0.15) is 63.3 Å². The topological polar surface area (TPSA) is 76.2 Å². The van der Waals surface area contributed by atoms with E-state index in [1.807, 2.05) is 45.9 Å². The number of halogens is 1. The number of rotatable bonds is 2. The molecule has 1 saturated carbocycles. The third kappa shape index (κ3) is 7.91. The molecule has 0 bridgehead atoms. The minimum absolute atomic E-state index is 0. The molecule has 4 rings (SSSR count). The Labute approximate surface area is 215 Å². The fraction of sp³-hybridized carbons (Fsp3) is 0.480. The molecule has 1 aliphatic carbocycles. The Morgan fingerprint density at radius 3 is 2.38 bits per heavy atom. The van der Waals surface area contributed by atoms with Gasteiger partial charge in [0.05, 0.1) is 0 Å². The molecule has 2 aromatic rings. The van der Waals surface area contributed by atoms with Gasteiger partial charge in [-0.3, -0.25) is 0 Å². The number of nitrogens with one attached hydrogen (secondary N) is 2. The van der Waals surface area contributed by atoms with Gasteiger partial charge in [-0.25, -0.2) is 9.18 Å². The number of hydrogen-bond donors (Lipinski definition) is 1. The Balaban J connectivity index is 0.000000225. The van der Waals surface area contributed by atoms with Crippen molar-refractivity contribution in [3.05, 3.63) is 82.1 Å². The summed E-state index contributed by atoms with van der Waals surface area (Å²) < 4.78 is 18.0. The number of hydrogen-bond acceptors (Lipinski definition) is 2. The van der Waals surface area contributed by atoms with Crippen LogP contribution in [0.5, 0.6) is 0 Å². The molecule has 2 aromatic carbocycles. The van der Waals surface area contributed by atoms with E-state index in [0.29, 0.717) is 12.8 Å². The first-order valence-electron chi connectivity index (χ1n) is 10.8. The van der Waals surface area contributed by atoms with Crippen molar-refractivity contribution in [1.82, 2.24) is 5.32 Å². The van der Waals surface area contributed by atoms with Gasteiger partial charge in [-0.15, -0.1) is 12.1 Å². The summed E-state index contributed by atoms with van der Waals surface area (Å²) in [6.45, 7) is 8.23. The van der Waals surface area contributed by atoms with Crippen LogP contribution in [0.25, 0.3) is 11.1 Å². The molecule has 1 atom stereocenters. The molecule has 1 radical (unpaired) electrons. The average Bonchev–Trinajstić information content (AvgIpc) is 2.66. The van der Waals surface area contributed by atoms with Crippen LogP contribution in [0, 0.1) is 5.82 Å². The Kier molecular flexibility index (Phi) is 9.41. The molecule has 1 aliphatic heterocycles. The summed E-state index contributed by atoms with van der Waals surface area (Å²) in [7, 11) is 0. The predicted octanol–water partition coefficient (Wildman–Crippen LogP) is 6.33. The van der Waals surface area contributed by atoms with E-state index in [1.165, 1.54) is 23.3 Å². The molecule has 1 fully saturated rings. The number of nitrogens with zero attached hydrogens (tertiary/aromatic N) is 1. The van der Waals surface area contributed by atoms with Crippen LogP contribution in [-0.2, 0) is 43.9 Å². The SMILES string of the molecule is CC1([NH-])CC(NC(=O)OC(C)(C)C)C1.Fc1ccc([C@@H]2[N-]CCc3ccccc32)cc1.[Y]. The number of carbonyl (C=O) groups excluding carboxylic acids is 1. The van der Waals surface area contributed by atoms with Gasteiger partial charge in [0.25, 0.3) is 0 Å². The maximum Gasteiger partial charge on any atom is 0.407 e. The molecule has 171 valence electrons. The maximum absolute atomic E-state index is 12.9. The summed E-state index contributed by atoms with van der Waals surface area (Å²) in [4.78, 5) is 11.3. The van der Waals surface area contributed by atoms with Gasteiger partial charge in [-0.2, -0.15) is 0 Å². The Morgan fingerprint density at radius 1 is 1.16 bits per heavy atom. The van der Waals surface area contributed by atoms with Gasteiger partial charge < -0.3 is 21.1 Å². The number of amides is 1. The van der Waals surface area contributed by atoms with Crippen LogP contribution >= 0.6 is 0 Å². The molecular weight excluding hydrogens is 482 g/mol. The second kappa shape index (κ2) is 11.2. The summed E-state index contributed by atoms with van der Waals surface area (Å²) in [5.74, 6) is -0.196. The van der Waals surface area contributed by atoms with Crippen LogP contribution in [0.2, 0.25) is 0 Å². The molecule has 2 N–H and O–H groups in total. The Hall–Kier alpha value is -1.34. The zero-order valence-corrected chi connectivity index (χ0v) is 22.2. The van der Waals surface area contributed by atoms with Gasteiger partial charge in [-0.05, 0) is 57.7 Å². The zero-order valence-electron chi connectivity index (χ0n) is 19.3. The quantitative estimate of drug-likeness (QED) is 0.509. The summed E-state index contributed by atoms with van der Waals surface area (Å²) in [5.41, 5.74) is 10.5. The average molecular weight is 514 g/mol. The largest absolute Gasteiger partial charge is 0.672 e. The molecule has 0 spiro atoms. The molecule has 0 aromatic heterocycles. The fourth-order valence-electron chi connectivity index (χ4n) is 3.98. The minimum Gasteiger partial charge on any atom is -0.672 e. The first kappa shape index (κ1) is 26.9. The second-order valence-electron chi connectivity index (χ2n) is 9.62. The number of carbonyl (C=O) groups is 1. The van der Waals surface area contributed by atoms with Gasteiger partial charge in [0.15, 0.2) is 0 Å². The smallest absolute Gasteiger partial charge is 0.407 e. The molecule has 2 aliphatic rings. The van der Waals surface area contributed by atoms with Crippen molar-refractivity contribution < 1.29 is 46.6 Å². The molecule has 5 nitrogen and oxygen atoms in total. The van der Waals surface area contributed by atoms with E-state index in [9.17, 15) is 9.18 Å². The van der Waals surface area contributed by atoms with E-state index in [2.05, 4.69) is 28.8 Å². The van der Waals surface area contributed by atoms with E-state index < -0.39 is 5.60 Å². The molecular formula is C25H32FN3O2Y-2. The van der Waals surface area contributed by atoms with E-state index in [0.717, 1.165) is 18.5 Å². The number of fused-ring (bicyclic) bond motifs is 1. The molecule has 0 unspecified atom stereocenters. The van der Waals surface area contributed by atoms with Crippen LogP contribution in [0.15, 0.2) is 48.5 Å². The molecule has 7 heteroatoms. The van der Waals surface area contributed by atoms with Crippen LogP contribution in [0.4, 0.5) is 9.18 Å². The maximum atomic E-state index is 12.9. The van der Waals surface area contributed by atoms with E-state index in [1.54, 1.807) is 0 Å². The summed E-state index contributed by atoms with van der Waals surface area (Å²) in [5, 5.41) is 7.40. The Morgan fingerprint density at radius 2 is 1.78 bits per heavy atom. The van der Waals surface area contributed by atoms with Crippen molar-refractivity contribution in [3.63, 3.8) is 0 Å². The van der Waals surface area contributed by atoms with Gasteiger partial charge in [0, 0.05) is 38.8 Å². The second-order valence-corrected chi connectivity index (χ2v) is 9.62. The van der Waals surface area contributed by atoms with E-state index in [4.69, 9.17) is 10.5 Å². The minimum atomic E-state index is -0.446. The van der Waals surface area contributed by atoms with Crippen LogP contribution in [0.3, 0.4) is 0 Å². The van der Waals surface area contributed by atoms with Crippen molar-refractivity contribution in [2.45, 2.75) is 70.2 Å². The summed E-state index contributed by atoms with van der Waals surface area (Å²) in [6, 6.07) is 15.2. The van der Waals surface area contributed by atoms with Crippen molar-refractivity contribution >= 4 is 6.09 Å². The third-order valence-corrected chi connectivity index (χ3v) is 5.34. The molecule has 1 amide bonds. The van der Waals surface area contributed by atoms with Gasteiger partial charge in [-0.1, -0.05) is 60.5 Å². The standard InChI is InChI=1S/C15H13FN.C10H19N2O2.Y/c16-13-7-5-12(6-8-13)15-14-4-2-1-3-11(14)9-10-17-15;1-9(2,3)14-8(13)12-7-5-10(4,11)6-7;/h1-8,15H,9-10H2;7,11H,5-6H2,1-4H3,(H,12,13);/q2*-1;/t15-;;/m0../s1. The zero-order chi connectivity index (χ0) is 22.6. The normalized spacial score (nSPS) is 23.9. The van der Waals surface area contributed by atoms with Crippen LogP contribution in [-0.4, -0.2) is 29.8 Å². The number of alkyl carbamates (subject to hydrolysis) is 1. The van der Waals surface area contributed by atoms with E-state index in [-0.39, 0.29) is 62.2 Å². The first-order chi connectivity index (χ1) is 14.5. The summed E-state index contributed by atoms with van der Waals surface area (Å²) >= 11 is 0. The van der Waals surface area contributed by atoms with Gasteiger partial charge >= 0.3 is 6.09 Å². The summed E-state index contributed by atoms with van der Waals surface area (Å²) in [6.07, 6.45) is 2.06. The molecule has 1 heterocycles. The number of benzene rings is 2. The third-order valence-electron chi connectivity index (χ3n) is 5.34. The van der Waals surface area contributed by atoms with Crippen molar-refractivity contribution in [3.8, 4) is 0 Å². The van der Waals surface area contributed by atoms with Crippen LogP contribution < -0.4 is 5.32 Å². The van der Waals surface area contributed by atoms with E-state index >= 15 is 0 Å². The Bertz CT molecular complexity index is 889. The van der Waals surface area contributed by atoms with Crippen molar-refractivity contribution in [1.29, 1.82) is 0 Å². The number of ether oxygens (including phenoxy) is 1. The fourth-order valence-corrected chi connectivity index (χ4v) is 3.98. The molecule has 32 heavy (non-hydrogen) atoms. The predicted molar refractivity (Wildman–Crippen MR) is 122 cm³/mol. The monoisotopic (exact) mass is 514 g/mol.